The lowest BCUT2D eigenvalue weighted by Gasteiger charge is -2.41. The zero-order valence-corrected chi connectivity index (χ0v) is 20.6. The number of benzene rings is 1. The van der Waals surface area contributed by atoms with Crippen LogP contribution in [0.15, 0.2) is 30.3 Å². The zero-order chi connectivity index (χ0) is 23.4. The molecule has 3 saturated heterocycles. The number of carbonyl (C=O) groups is 2. The van der Waals surface area contributed by atoms with Gasteiger partial charge in [0.15, 0.2) is 0 Å². The Morgan fingerprint density at radius 1 is 0.909 bits per heavy atom. The fourth-order valence-corrected chi connectivity index (χ4v) is 5.88. The van der Waals surface area contributed by atoms with Crippen molar-refractivity contribution in [1.82, 2.24) is 14.7 Å². The molecule has 3 unspecified atom stereocenters. The molecule has 0 radical (unpaired) electrons. The van der Waals surface area contributed by atoms with Crippen LogP contribution in [0.3, 0.4) is 0 Å². The summed E-state index contributed by atoms with van der Waals surface area (Å²) in [6.45, 7) is 10.9. The van der Waals surface area contributed by atoms with Gasteiger partial charge in [0.05, 0.1) is 18.2 Å². The Labute approximate surface area is 199 Å². The van der Waals surface area contributed by atoms with Crippen LogP contribution in [0.1, 0.15) is 52.0 Å². The third kappa shape index (κ3) is 6.15. The molecule has 0 aliphatic carbocycles. The normalized spacial score (nSPS) is 26.9. The summed E-state index contributed by atoms with van der Waals surface area (Å²) in [6.07, 6.45) is 5.17. The van der Waals surface area contributed by atoms with Gasteiger partial charge >= 0.3 is 0 Å². The average molecular weight is 456 g/mol. The van der Waals surface area contributed by atoms with Crippen LogP contribution in [-0.2, 0) is 20.7 Å². The summed E-state index contributed by atoms with van der Waals surface area (Å²) in [6, 6.07) is 10.6. The summed E-state index contributed by atoms with van der Waals surface area (Å²) < 4.78 is 5.78. The molecule has 1 aromatic rings. The number of piperidine rings is 2. The van der Waals surface area contributed by atoms with E-state index in [9.17, 15) is 9.59 Å². The number of amides is 2. The van der Waals surface area contributed by atoms with Crippen LogP contribution in [0.5, 0.6) is 0 Å². The first-order valence-electron chi connectivity index (χ1n) is 12.9. The maximum Gasteiger partial charge on any atom is 0.239 e. The highest BCUT2D eigenvalue weighted by atomic mass is 16.5. The van der Waals surface area contributed by atoms with E-state index in [-0.39, 0.29) is 36.0 Å². The molecule has 3 fully saturated rings. The number of morpholine rings is 1. The third-order valence-electron chi connectivity index (χ3n) is 7.81. The molecule has 0 N–H and O–H groups in total. The quantitative estimate of drug-likeness (QED) is 0.684. The summed E-state index contributed by atoms with van der Waals surface area (Å²) in [4.78, 5) is 32.6. The predicted molar refractivity (Wildman–Crippen MR) is 130 cm³/mol. The Balaban J connectivity index is 1.21. The van der Waals surface area contributed by atoms with Crippen molar-refractivity contribution in [3.8, 4) is 0 Å². The van der Waals surface area contributed by atoms with E-state index in [1.165, 1.54) is 5.56 Å². The summed E-state index contributed by atoms with van der Waals surface area (Å²) in [7, 11) is 0. The number of likely N-dealkylation sites (tertiary alicyclic amines) is 2. The van der Waals surface area contributed by atoms with Gasteiger partial charge in [0, 0.05) is 32.1 Å². The zero-order valence-electron chi connectivity index (χ0n) is 20.6. The molecule has 4 rings (SSSR count). The van der Waals surface area contributed by atoms with Crippen molar-refractivity contribution in [2.45, 2.75) is 71.1 Å². The third-order valence-corrected chi connectivity index (χ3v) is 7.81. The summed E-state index contributed by atoms with van der Waals surface area (Å²) in [5.74, 6) is 1.28. The van der Waals surface area contributed by atoms with Gasteiger partial charge in [-0.25, -0.2) is 0 Å². The van der Waals surface area contributed by atoms with E-state index in [0.29, 0.717) is 19.0 Å². The standard InChI is InChI=1S/C27H41N3O3/c1-20-18-30(19-21(2)33-20)27(32)25-11-15-28(16-12-25)22(3)26(31)29-13-9-24(10-14-29)17-23-7-5-4-6-8-23/h4-8,20-22,24-25H,9-19H2,1-3H3. The van der Waals surface area contributed by atoms with Gasteiger partial charge in [-0.3, -0.25) is 14.5 Å². The largest absolute Gasteiger partial charge is 0.372 e. The monoisotopic (exact) mass is 455 g/mol. The number of ether oxygens (including phenoxy) is 1. The number of rotatable bonds is 5. The lowest BCUT2D eigenvalue weighted by molar-refractivity contribution is -0.149. The fourth-order valence-electron chi connectivity index (χ4n) is 5.88. The van der Waals surface area contributed by atoms with Gasteiger partial charge in [-0.15, -0.1) is 0 Å². The van der Waals surface area contributed by atoms with Crippen LogP contribution in [0, 0.1) is 11.8 Å². The molecule has 3 aliphatic heterocycles. The summed E-state index contributed by atoms with van der Waals surface area (Å²) in [5, 5.41) is 0. The van der Waals surface area contributed by atoms with Gasteiger partial charge in [-0.2, -0.15) is 0 Å². The van der Waals surface area contributed by atoms with E-state index in [1.807, 2.05) is 25.7 Å². The molecule has 3 atom stereocenters. The smallest absolute Gasteiger partial charge is 0.239 e. The van der Waals surface area contributed by atoms with Gasteiger partial charge in [-0.1, -0.05) is 30.3 Å². The van der Waals surface area contributed by atoms with Crippen molar-refractivity contribution >= 4 is 11.8 Å². The summed E-state index contributed by atoms with van der Waals surface area (Å²) >= 11 is 0. The number of nitrogens with zero attached hydrogens (tertiary/aromatic N) is 3. The van der Waals surface area contributed by atoms with Gasteiger partial charge in [0.25, 0.3) is 0 Å². The Bertz CT molecular complexity index is 775. The van der Waals surface area contributed by atoms with Crippen LogP contribution in [0.4, 0.5) is 0 Å². The molecule has 182 valence electrons. The van der Waals surface area contributed by atoms with Gasteiger partial charge in [-0.05, 0) is 77.4 Å². The maximum absolute atomic E-state index is 13.2. The van der Waals surface area contributed by atoms with E-state index in [4.69, 9.17) is 4.74 Å². The number of carbonyl (C=O) groups excluding carboxylic acids is 2. The van der Waals surface area contributed by atoms with E-state index >= 15 is 0 Å². The van der Waals surface area contributed by atoms with Crippen LogP contribution >= 0.6 is 0 Å². The van der Waals surface area contributed by atoms with Crippen molar-refractivity contribution in [3.63, 3.8) is 0 Å². The molecule has 1 aromatic carbocycles. The topological polar surface area (TPSA) is 53.1 Å². The van der Waals surface area contributed by atoms with Crippen LogP contribution in [0.25, 0.3) is 0 Å². The minimum Gasteiger partial charge on any atom is -0.372 e. The van der Waals surface area contributed by atoms with Crippen molar-refractivity contribution in [2.75, 3.05) is 39.3 Å². The lowest BCUT2D eigenvalue weighted by atomic mass is 9.90. The molecular formula is C27H41N3O3. The molecule has 0 spiro atoms. The number of hydrogen-bond acceptors (Lipinski definition) is 4. The van der Waals surface area contributed by atoms with Crippen LogP contribution in [-0.4, -0.2) is 84.0 Å². The molecular weight excluding hydrogens is 414 g/mol. The average Bonchev–Trinajstić information content (AvgIpc) is 2.83. The van der Waals surface area contributed by atoms with E-state index in [0.717, 1.165) is 58.3 Å². The molecule has 2 amide bonds. The van der Waals surface area contributed by atoms with Crippen molar-refractivity contribution in [1.29, 1.82) is 0 Å². The lowest BCUT2D eigenvalue weighted by Crippen LogP contribution is -2.54. The van der Waals surface area contributed by atoms with Gasteiger partial charge in [0.2, 0.25) is 11.8 Å². The molecule has 3 aliphatic rings. The molecule has 3 heterocycles. The Morgan fingerprint density at radius 2 is 1.52 bits per heavy atom. The second kappa shape index (κ2) is 11.0. The second-order valence-corrected chi connectivity index (χ2v) is 10.4. The maximum atomic E-state index is 13.2. The molecule has 0 bridgehead atoms. The van der Waals surface area contributed by atoms with Crippen molar-refractivity contribution in [2.24, 2.45) is 11.8 Å². The van der Waals surface area contributed by atoms with Crippen molar-refractivity contribution < 1.29 is 14.3 Å². The van der Waals surface area contributed by atoms with Gasteiger partial charge < -0.3 is 14.5 Å². The van der Waals surface area contributed by atoms with Crippen molar-refractivity contribution in [3.05, 3.63) is 35.9 Å². The van der Waals surface area contributed by atoms with Crippen LogP contribution < -0.4 is 0 Å². The fraction of sp³-hybridized carbons (Fsp3) is 0.704. The van der Waals surface area contributed by atoms with Crippen LogP contribution in [0.2, 0.25) is 0 Å². The van der Waals surface area contributed by atoms with E-state index in [1.54, 1.807) is 0 Å². The molecule has 6 heteroatoms. The Hall–Kier alpha value is -1.92. The predicted octanol–water partition coefficient (Wildman–Crippen LogP) is 3.20. The highest BCUT2D eigenvalue weighted by molar-refractivity contribution is 5.82. The van der Waals surface area contributed by atoms with E-state index < -0.39 is 0 Å². The molecule has 0 aromatic heterocycles. The second-order valence-electron chi connectivity index (χ2n) is 10.4. The first-order valence-corrected chi connectivity index (χ1v) is 12.9. The first-order chi connectivity index (χ1) is 15.9. The molecule has 33 heavy (non-hydrogen) atoms. The Morgan fingerprint density at radius 3 is 2.12 bits per heavy atom. The highest BCUT2D eigenvalue weighted by Gasteiger charge is 2.36. The summed E-state index contributed by atoms with van der Waals surface area (Å²) in [5.41, 5.74) is 1.40. The SMILES string of the molecule is CC1CN(C(=O)C2CCN(C(C)C(=O)N3CCC(Cc4ccccc4)CC3)CC2)CC(C)O1. The Kier molecular flexibility index (Phi) is 8.07. The first kappa shape index (κ1) is 24.2. The minimum absolute atomic E-state index is 0.0785. The van der Waals surface area contributed by atoms with E-state index in [2.05, 4.69) is 40.1 Å². The highest BCUT2D eigenvalue weighted by Crippen LogP contribution is 2.26. The molecule has 6 nitrogen and oxygen atoms in total. The minimum atomic E-state index is -0.102. The molecule has 0 saturated carbocycles. The number of hydrogen-bond donors (Lipinski definition) is 0. The van der Waals surface area contributed by atoms with Gasteiger partial charge in [0.1, 0.15) is 0 Å².